The summed E-state index contributed by atoms with van der Waals surface area (Å²) in [6.45, 7) is 12.3. The molecule has 2 saturated heterocycles. The molecule has 2 heterocycles. The van der Waals surface area contributed by atoms with Crippen LogP contribution in [0, 0.1) is 0 Å². The van der Waals surface area contributed by atoms with Crippen LogP contribution in [0.1, 0.15) is 61.3 Å². The predicted molar refractivity (Wildman–Crippen MR) is 109 cm³/mol. The number of nitrogens with zero attached hydrogens (tertiary/aromatic N) is 1. The van der Waals surface area contributed by atoms with Crippen molar-refractivity contribution in [3.63, 3.8) is 0 Å². The highest BCUT2D eigenvalue weighted by molar-refractivity contribution is 6.45. The van der Waals surface area contributed by atoms with Crippen molar-refractivity contribution in [3.8, 4) is 0 Å². The Morgan fingerprint density at radius 3 is 2.20 bits per heavy atom. The number of carbonyl (C=O) groups excluding carboxylic acids is 2. The maximum Gasteiger partial charge on any atom is 0.457 e. The summed E-state index contributed by atoms with van der Waals surface area (Å²) in [5, 5.41) is 10.4. The van der Waals surface area contributed by atoms with E-state index in [1.165, 1.54) is 0 Å². The molecule has 0 aromatic heterocycles. The van der Waals surface area contributed by atoms with E-state index in [1.54, 1.807) is 20.8 Å². The van der Waals surface area contributed by atoms with E-state index >= 15 is 4.39 Å². The molecule has 0 saturated carbocycles. The lowest BCUT2D eigenvalue weighted by molar-refractivity contribution is -0.151. The third kappa shape index (κ3) is 4.91. The molecule has 172 valence electrons. The first-order valence-electron chi connectivity index (χ1n) is 10.3. The van der Waals surface area contributed by atoms with Gasteiger partial charge in [-0.2, -0.15) is 0 Å². The van der Waals surface area contributed by atoms with Crippen LogP contribution in [0.2, 0.25) is 6.32 Å². The van der Waals surface area contributed by atoms with Crippen LogP contribution in [0.15, 0.2) is 0 Å². The monoisotopic (exact) mass is 431 g/mol. The Bertz CT molecular complexity index is 650. The minimum Gasteiger partial charge on any atom is -0.467 e. The Balaban J connectivity index is 2.11. The smallest absolute Gasteiger partial charge is 0.457 e. The van der Waals surface area contributed by atoms with Gasteiger partial charge in [0.2, 0.25) is 0 Å². The zero-order chi connectivity index (χ0) is 23.1. The lowest BCUT2D eigenvalue weighted by Gasteiger charge is -2.32. The van der Waals surface area contributed by atoms with Crippen LogP contribution >= 0.6 is 0 Å². The zero-order valence-electron chi connectivity index (χ0n) is 19.3. The predicted octanol–water partition coefficient (Wildman–Crippen LogP) is 2.72. The Hall–Kier alpha value is -1.39. The van der Waals surface area contributed by atoms with Crippen molar-refractivity contribution in [2.75, 3.05) is 13.7 Å². The molecule has 0 aromatic rings. The van der Waals surface area contributed by atoms with Gasteiger partial charge in [0.1, 0.15) is 11.7 Å². The van der Waals surface area contributed by atoms with E-state index < -0.39 is 53.8 Å². The third-order valence-corrected chi connectivity index (χ3v) is 6.04. The van der Waals surface area contributed by atoms with Gasteiger partial charge in [-0.1, -0.05) is 6.42 Å². The summed E-state index contributed by atoms with van der Waals surface area (Å²) in [6.07, 6.45) is -1.93. The Kier molecular flexibility index (Phi) is 6.86. The molecule has 2 aliphatic rings. The minimum atomic E-state index is -2.37. The Labute approximate surface area is 178 Å². The van der Waals surface area contributed by atoms with Gasteiger partial charge in [-0.15, -0.1) is 0 Å². The molecular formula is C20H35BFNO7. The SMILES string of the molecule is COC(=O)[C@H]1N(C(=O)OC(C)(C)C)C[C@@H](O)[C@@]1(F)CCCB1OC(C)(C)C(C)(C)O1. The molecule has 0 aliphatic carbocycles. The molecular weight excluding hydrogens is 396 g/mol. The molecule has 10 heteroatoms. The molecule has 3 atom stereocenters. The maximum atomic E-state index is 15.9. The first-order chi connectivity index (χ1) is 13.5. The summed E-state index contributed by atoms with van der Waals surface area (Å²) in [5.41, 5.74) is -4.20. The molecule has 30 heavy (non-hydrogen) atoms. The lowest BCUT2D eigenvalue weighted by atomic mass is 9.78. The number of likely N-dealkylation sites (tertiary alicyclic amines) is 1. The van der Waals surface area contributed by atoms with Crippen LogP contribution in [-0.2, 0) is 23.6 Å². The van der Waals surface area contributed by atoms with Crippen molar-refractivity contribution >= 4 is 19.2 Å². The molecule has 0 unspecified atom stereocenters. The second-order valence-electron chi connectivity index (χ2n) is 10.1. The summed E-state index contributed by atoms with van der Waals surface area (Å²) in [4.78, 5) is 25.8. The Morgan fingerprint density at radius 2 is 1.73 bits per heavy atom. The average molecular weight is 431 g/mol. The highest BCUT2D eigenvalue weighted by Gasteiger charge is 2.61. The fourth-order valence-electron chi connectivity index (χ4n) is 3.75. The van der Waals surface area contributed by atoms with Crippen LogP contribution < -0.4 is 0 Å². The van der Waals surface area contributed by atoms with E-state index in [2.05, 4.69) is 0 Å². The second-order valence-corrected chi connectivity index (χ2v) is 10.1. The number of ether oxygens (including phenoxy) is 2. The molecule has 0 aromatic carbocycles. The zero-order valence-corrected chi connectivity index (χ0v) is 19.3. The van der Waals surface area contributed by atoms with Gasteiger partial charge in [-0.25, -0.2) is 14.0 Å². The van der Waals surface area contributed by atoms with Gasteiger partial charge in [0.15, 0.2) is 11.7 Å². The number of aliphatic hydroxyl groups is 1. The van der Waals surface area contributed by atoms with Crippen molar-refractivity contribution in [3.05, 3.63) is 0 Å². The fourth-order valence-corrected chi connectivity index (χ4v) is 3.75. The molecule has 8 nitrogen and oxygen atoms in total. The number of halogens is 1. The first-order valence-corrected chi connectivity index (χ1v) is 10.3. The minimum absolute atomic E-state index is 0.169. The van der Waals surface area contributed by atoms with E-state index in [0.717, 1.165) is 12.0 Å². The van der Waals surface area contributed by atoms with E-state index in [9.17, 15) is 14.7 Å². The lowest BCUT2D eigenvalue weighted by Crippen LogP contribution is -2.53. The van der Waals surface area contributed by atoms with Crippen molar-refractivity contribution in [1.29, 1.82) is 0 Å². The number of hydrogen-bond acceptors (Lipinski definition) is 7. The molecule has 1 amide bonds. The maximum absolute atomic E-state index is 15.9. The Morgan fingerprint density at radius 1 is 1.20 bits per heavy atom. The van der Waals surface area contributed by atoms with Crippen molar-refractivity contribution in [2.24, 2.45) is 0 Å². The van der Waals surface area contributed by atoms with Crippen molar-refractivity contribution in [2.45, 2.75) is 102 Å². The van der Waals surface area contributed by atoms with Crippen molar-refractivity contribution in [1.82, 2.24) is 4.90 Å². The second kappa shape index (κ2) is 8.28. The molecule has 2 rings (SSSR count). The molecule has 0 radical (unpaired) electrons. The van der Waals surface area contributed by atoms with Gasteiger partial charge in [0.25, 0.3) is 0 Å². The summed E-state index contributed by atoms with van der Waals surface area (Å²) in [5.74, 6) is -0.935. The van der Waals surface area contributed by atoms with Gasteiger partial charge in [0.05, 0.1) is 24.9 Å². The number of aliphatic hydroxyl groups excluding tert-OH is 1. The van der Waals surface area contributed by atoms with Gasteiger partial charge < -0.3 is 23.9 Å². The fraction of sp³-hybridized carbons (Fsp3) is 0.900. The van der Waals surface area contributed by atoms with Crippen LogP contribution in [0.3, 0.4) is 0 Å². The number of methoxy groups -OCH3 is 1. The average Bonchev–Trinajstić information content (AvgIpc) is 2.95. The normalized spacial score (nSPS) is 30.5. The number of hydrogen-bond donors (Lipinski definition) is 1. The molecule has 2 aliphatic heterocycles. The number of rotatable bonds is 5. The molecule has 1 N–H and O–H groups in total. The number of esters is 1. The van der Waals surface area contributed by atoms with E-state index in [-0.39, 0.29) is 19.4 Å². The topological polar surface area (TPSA) is 94.5 Å². The van der Waals surface area contributed by atoms with Crippen molar-refractivity contribution < 1.29 is 37.9 Å². The largest absolute Gasteiger partial charge is 0.467 e. The quantitative estimate of drug-likeness (QED) is 0.528. The van der Waals surface area contributed by atoms with Gasteiger partial charge in [-0.3, -0.25) is 4.90 Å². The summed E-state index contributed by atoms with van der Waals surface area (Å²) in [7, 11) is 0.598. The highest BCUT2D eigenvalue weighted by atomic mass is 19.1. The van der Waals surface area contributed by atoms with Crippen LogP contribution in [-0.4, -0.2) is 77.5 Å². The number of amides is 1. The van der Waals surface area contributed by atoms with Gasteiger partial charge in [0, 0.05) is 0 Å². The van der Waals surface area contributed by atoms with Gasteiger partial charge in [-0.05, 0) is 61.2 Å². The summed E-state index contributed by atoms with van der Waals surface area (Å²) < 4.78 is 37.8. The van der Waals surface area contributed by atoms with Gasteiger partial charge >= 0.3 is 19.2 Å². The standard InChI is InChI=1S/C20H35BFNO7/c1-17(2,3)28-16(26)23-12-13(24)20(22,14(23)15(25)27-8)10-9-11-21-29-18(4,5)19(6,7)30-21/h13-14,24H,9-12H2,1-8H3/t13-,14-,20+/m1/s1. The van der Waals surface area contributed by atoms with E-state index in [0.29, 0.717) is 6.32 Å². The summed E-state index contributed by atoms with van der Waals surface area (Å²) in [6, 6.07) is -1.59. The first kappa shape index (κ1) is 24.9. The molecule has 0 spiro atoms. The van der Waals surface area contributed by atoms with Crippen LogP contribution in [0.5, 0.6) is 0 Å². The van der Waals surface area contributed by atoms with Crippen LogP contribution in [0.25, 0.3) is 0 Å². The molecule has 0 bridgehead atoms. The number of carbonyl (C=O) groups is 2. The highest BCUT2D eigenvalue weighted by Crippen LogP contribution is 2.41. The summed E-state index contributed by atoms with van der Waals surface area (Å²) >= 11 is 0. The van der Waals surface area contributed by atoms with E-state index in [1.807, 2.05) is 27.7 Å². The number of alkyl halides is 1. The third-order valence-electron chi connectivity index (χ3n) is 6.04. The molecule has 2 fully saturated rings. The van der Waals surface area contributed by atoms with E-state index in [4.69, 9.17) is 18.8 Å². The number of β-amino-alcohol motifs (C(OH)–C–C–N with tert-alkyl or cyclic N) is 1. The van der Waals surface area contributed by atoms with Crippen LogP contribution in [0.4, 0.5) is 9.18 Å².